The first-order valence-corrected chi connectivity index (χ1v) is 11.7. The number of para-hydroxylation sites is 1. The van der Waals surface area contributed by atoms with Crippen LogP contribution in [0.5, 0.6) is 5.75 Å². The molecule has 1 atom stereocenters. The van der Waals surface area contributed by atoms with Crippen molar-refractivity contribution in [2.24, 2.45) is 5.92 Å². The summed E-state index contributed by atoms with van der Waals surface area (Å²) in [5.74, 6) is -0.638. The number of amides is 2. The van der Waals surface area contributed by atoms with Crippen molar-refractivity contribution in [1.29, 1.82) is 0 Å². The number of benzene rings is 2. The standard InChI is InChI=1S/C20H21BrN2O5S/c21-17-7-3-1-5-15(17)12-28-18-8-4-2-6-16(18)20(25)23-22-19(24)11-14-9-10-29(26,27)13-14/h1-8,14H,9-13H2,(H,22,24)(H,23,25). The van der Waals surface area contributed by atoms with Crippen LogP contribution in [0, 0.1) is 5.92 Å². The zero-order valence-corrected chi connectivity index (χ0v) is 18.0. The van der Waals surface area contributed by atoms with Crippen molar-refractivity contribution in [3.05, 3.63) is 64.1 Å². The van der Waals surface area contributed by atoms with Gasteiger partial charge in [0.05, 0.1) is 17.1 Å². The highest BCUT2D eigenvalue weighted by Crippen LogP contribution is 2.23. The summed E-state index contributed by atoms with van der Waals surface area (Å²) in [7, 11) is -3.04. The van der Waals surface area contributed by atoms with Crippen LogP contribution in [0.1, 0.15) is 28.8 Å². The van der Waals surface area contributed by atoms with Gasteiger partial charge in [-0.2, -0.15) is 0 Å². The van der Waals surface area contributed by atoms with Crippen molar-refractivity contribution in [2.45, 2.75) is 19.4 Å². The third-order valence-electron chi connectivity index (χ3n) is 4.59. The van der Waals surface area contributed by atoms with E-state index in [0.717, 1.165) is 10.0 Å². The number of carbonyl (C=O) groups is 2. The summed E-state index contributed by atoms with van der Waals surface area (Å²) in [6, 6.07) is 14.3. The van der Waals surface area contributed by atoms with Gasteiger partial charge < -0.3 is 4.74 Å². The van der Waals surface area contributed by atoms with Crippen LogP contribution in [0.15, 0.2) is 53.0 Å². The van der Waals surface area contributed by atoms with Crippen LogP contribution in [0.25, 0.3) is 0 Å². The fourth-order valence-electron chi connectivity index (χ4n) is 3.09. The predicted molar refractivity (Wildman–Crippen MR) is 112 cm³/mol. The molecule has 29 heavy (non-hydrogen) atoms. The average Bonchev–Trinajstić information content (AvgIpc) is 3.04. The summed E-state index contributed by atoms with van der Waals surface area (Å²) in [6.07, 6.45) is 0.523. The molecule has 0 aromatic heterocycles. The van der Waals surface area contributed by atoms with Crippen molar-refractivity contribution >= 4 is 37.6 Å². The normalized spacial score (nSPS) is 17.5. The molecular weight excluding hydrogens is 460 g/mol. The monoisotopic (exact) mass is 480 g/mol. The Bertz CT molecular complexity index is 1010. The molecule has 2 aromatic rings. The highest BCUT2D eigenvalue weighted by Gasteiger charge is 2.29. The van der Waals surface area contributed by atoms with Crippen LogP contribution in [-0.4, -0.2) is 31.7 Å². The molecule has 7 nitrogen and oxygen atoms in total. The Morgan fingerprint density at radius 1 is 1.07 bits per heavy atom. The lowest BCUT2D eigenvalue weighted by Crippen LogP contribution is -2.42. The summed E-state index contributed by atoms with van der Waals surface area (Å²) >= 11 is 3.46. The highest BCUT2D eigenvalue weighted by molar-refractivity contribution is 9.10. The van der Waals surface area contributed by atoms with E-state index in [4.69, 9.17) is 4.74 Å². The van der Waals surface area contributed by atoms with E-state index in [1.165, 1.54) is 0 Å². The van der Waals surface area contributed by atoms with Gasteiger partial charge in [-0.3, -0.25) is 20.4 Å². The van der Waals surface area contributed by atoms with Gasteiger partial charge in [-0.25, -0.2) is 8.42 Å². The molecule has 2 amide bonds. The molecule has 1 saturated heterocycles. The minimum absolute atomic E-state index is 0.0140. The Morgan fingerprint density at radius 2 is 1.79 bits per heavy atom. The first-order valence-electron chi connectivity index (χ1n) is 9.09. The van der Waals surface area contributed by atoms with Crippen LogP contribution in [-0.2, 0) is 21.2 Å². The Labute approximate surface area is 177 Å². The van der Waals surface area contributed by atoms with Gasteiger partial charge in [-0.1, -0.05) is 46.3 Å². The molecule has 1 fully saturated rings. The topological polar surface area (TPSA) is 102 Å². The smallest absolute Gasteiger partial charge is 0.273 e. The summed E-state index contributed by atoms with van der Waals surface area (Å²) in [6.45, 7) is 0.272. The molecule has 2 N–H and O–H groups in total. The number of nitrogens with one attached hydrogen (secondary N) is 2. The van der Waals surface area contributed by atoms with E-state index in [2.05, 4.69) is 26.8 Å². The van der Waals surface area contributed by atoms with Gasteiger partial charge in [0.2, 0.25) is 5.91 Å². The number of hydrazine groups is 1. The van der Waals surface area contributed by atoms with Gasteiger partial charge in [-0.05, 0) is 30.5 Å². The zero-order valence-electron chi connectivity index (χ0n) is 15.6. The third kappa shape index (κ3) is 6.04. The maximum Gasteiger partial charge on any atom is 0.273 e. The second kappa shape index (κ2) is 9.41. The van der Waals surface area contributed by atoms with Crippen molar-refractivity contribution < 1.29 is 22.7 Å². The molecule has 1 aliphatic rings. The lowest BCUT2D eigenvalue weighted by Gasteiger charge is -2.13. The number of carbonyl (C=O) groups excluding carboxylic acids is 2. The zero-order chi connectivity index (χ0) is 20.9. The summed E-state index contributed by atoms with van der Waals surface area (Å²) < 4.78 is 29.7. The summed E-state index contributed by atoms with van der Waals surface area (Å²) in [5.41, 5.74) is 5.93. The van der Waals surface area contributed by atoms with Crippen LogP contribution in [0.4, 0.5) is 0 Å². The molecule has 3 rings (SSSR count). The molecule has 0 aliphatic carbocycles. The van der Waals surface area contributed by atoms with Crippen molar-refractivity contribution in [3.63, 3.8) is 0 Å². The largest absolute Gasteiger partial charge is 0.488 e. The molecule has 2 aromatic carbocycles. The maximum atomic E-state index is 12.5. The van der Waals surface area contributed by atoms with E-state index in [9.17, 15) is 18.0 Å². The maximum absolute atomic E-state index is 12.5. The number of sulfone groups is 1. The van der Waals surface area contributed by atoms with Crippen LogP contribution >= 0.6 is 15.9 Å². The van der Waals surface area contributed by atoms with Crippen LogP contribution < -0.4 is 15.6 Å². The van der Waals surface area contributed by atoms with E-state index in [0.29, 0.717) is 12.2 Å². The van der Waals surface area contributed by atoms with E-state index >= 15 is 0 Å². The second-order valence-corrected chi connectivity index (χ2v) is 9.93. The fourth-order valence-corrected chi connectivity index (χ4v) is 5.35. The van der Waals surface area contributed by atoms with Gasteiger partial charge in [-0.15, -0.1) is 0 Å². The molecule has 0 bridgehead atoms. The third-order valence-corrected chi connectivity index (χ3v) is 7.20. The van der Waals surface area contributed by atoms with Crippen molar-refractivity contribution in [2.75, 3.05) is 11.5 Å². The molecule has 9 heteroatoms. The Balaban J connectivity index is 1.55. The van der Waals surface area contributed by atoms with E-state index in [1.54, 1.807) is 24.3 Å². The minimum Gasteiger partial charge on any atom is -0.488 e. The van der Waals surface area contributed by atoms with E-state index in [1.807, 2.05) is 24.3 Å². The van der Waals surface area contributed by atoms with Gasteiger partial charge in [0, 0.05) is 16.5 Å². The molecule has 0 saturated carbocycles. The van der Waals surface area contributed by atoms with E-state index in [-0.39, 0.29) is 36.0 Å². The summed E-state index contributed by atoms with van der Waals surface area (Å²) in [5, 5.41) is 0. The number of halogens is 1. The SMILES string of the molecule is O=C(CC1CCS(=O)(=O)C1)NNC(=O)c1ccccc1OCc1ccccc1Br. The first-order chi connectivity index (χ1) is 13.8. The van der Waals surface area contributed by atoms with E-state index < -0.39 is 21.7 Å². The Morgan fingerprint density at radius 3 is 2.52 bits per heavy atom. The van der Waals surface area contributed by atoms with Gasteiger partial charge in [0.15, 0.2) is 9.84 Å². The quantitative estimate of drug-likeness (QED) is 0.618. The highest BCUT2D eigenvalue weighted by atomic mass is 79.9. The average molecular weight is 481 g/mol. The van der Waals surface area contributed by atoms with Gasteiger partial charge >= 0.3 is 0 Å². The van der Waals surface area contributed by atoms with Crippen molar-refractivity contribution in [1.82, 2.24) is 10.9 Å². The van der Waals surface area contributed by atoms with Crippen LogP contribution in [0.3, 0.4) is 0 Å². The molecule has 1 aliphatic heterocycles. The number of rotatable bonds is 6. The first kappa shape index (κ1) is 21.3. The molecule has 1 unspecified atom stereocenters. The fraction of sp³-hybridized carbons (Fsp3) is 0.300. The predicted octanol–water partition coefficient (Wildman–Crippen LogP) is 2.61. The van der Waals surface area contributed by atoms with Crippen LogP contribution in [0.2, 0.25) is 0 Å². The lowest BCUT2D eigenvalue weighted by atomic mass is 10.1. The number of ether oxygens (including phenoxy) is 1. The molecule has 154 valence electrons. The summed E-state index contributed by atoms with van der Waals surface area (Å²) in [4.78, 5) is 24.5. The van der Waals surface area contributed by atoms with Gasteiger partial charge in [0.1, 0.15) is 12.4 Å². The molecule has 0 radical (unpaired) electrons. The Kier molecular flexibility index (Phi) is 6.92. The van der Waals surface area contributed by atoms with Gasteiger partial charge in [0.25, 0.3) is 5.91 Å². The number of hydrogen-bond donors (Lipinski definition) is 2. The number of hydrogen-bond acceptors (Lipinski definition) is 5. The Hall–Kier alpha value is -2.39. The molecule has 1 heterocycles. The molecular formula is C20H21BrN2O5S. The minimum atomic E-state index is -3.04. The molecule has 0 spiro atoms. The second-order valence-electron chi connectivity index (χ2n) is 6.85. The van der Waals surface area contributed by atoms with Crippen molar-refractivity contribution in [3.8, 4) is 5.75 Å². The lowest BCUT2D eigenvalue weighted by molar-refractivity contribution is -0.122.